The van der Waals surface area contributed by atoms with Crippen LogP contribution in [0.1, 0.15) is 54.6 Å². The van der Waals surface area contributed by atoms with E-state index in [4.69, 9.17) is 4.74 Å². The second kappa shape index (κ2) is 10.3. The molecule has 2 aromatic carbocycles. The van der Waals surface area contributed by atoms with Gasteiger partial charge in [-0.1, -0.05) is 36.4 Å². The molecule has 2 heterocycles. The number of piperidine rings is 2. The Kier molecular flexibility index (Phi) is 7.25. The van der Waals surface area contributed by atoms with Crippen LogP contribution in [0.15, 0.2) is 54.6 Å². The number of ether oxygens (including phenoxy) is 1. The van der Waals surface area contributed by atoms with Crippen molar-refractivity contribution in [2.24, 2.45) is 0 Å². The van der Waals surface area contributed by atoms with Crippen molar-refractivity contribution in [1.82, 2.24) is 15.1 Å². The van der Waals surface area contributed by atoms with E-state index in [9.17, 15) is 4.79 Å². The van der Waals surface area contributed by atoms with Crippen LogP contribution in [0, 0.1) is 0 Å². The van der Waals surface area contributed by atoms with Gasteiger partial charge in [-0.05, 0) is 76.5 Å². The SMILES string of the molecule is C[C@@H](NC(=O)c1cccc(OC2CCN(C3CCN(C)CC3)CC2)c1)c1ccccc1. The normalized spacial score (nSPS) is 20.3. The van der Waals surface area contributed by atoms with E-state index in [0.717, 1.165) is 43.3 Å². The number of rotatable bonds is 6. The molecule has 31 heavy (non-hydrogen) atoms. The molecule has 2 aromatic rings. The van der Waals surface area contributed by atoms with E-state index in [-0.39, 0.29) is 18.1 Å². The van der Waals surface area contributed by atoms with E-state index in [1.807, 2.05) is 61.5 Å². The lowest BCUT2D eigenvalue weighted by Gasteiger charge is -2.41. The molecule has 1 amide bonds. The van der Waals surface area contributed by atoms with Crippen LogP contribution in [-0.4, -0.2) is 61.1 Å². The second-order valence-corrected chi connectivity index (χ2v) is 9.02. The van der Waals surface area contributed by atoms with Gasteiger partial charge in [0.15, 0.2) is 0 Å². The lowest BCUT2D eigenvalue weighted by Crippen LogP contribution is -2.48. The van der Waals surface area contributed by atoms with Crippen molar-refractivity contribution in [3.05, 3.63) is 65.7 Å². The van der Waals surface area contributed by atoms with Gasteiger partial charge >= 0.3 is 0 Å². The number of amides is 1. The third kappa shape index (κ3) is 5.86. The van der Waals surface area contributed by atoms with Crippen molar-refractivity contribution in [2.45, 2.75) is 50.8 Å². The summed E-state index contributed by atoms with van der Waals surface area (Å²) < 4.78 is 6.27. The summed E-state index contributed by atoms with van der Waals surface area (Å²) in [6.07, 6.45) is 4.88. The summed E-state index contributed by atoms with van der Waals surface area (Å²) in [6.45, 7) is 6.63. The van der Waals surface area contributed by atoms with E-state index >= 15 is 0 Å². The van der Waals surface area contributed by atoms with Crippen LogP contribution in [0.3, 0.4) is 0 Å². The summed E-state index contributed by atoms with van der Waals surface area (Å²) in [7, 11) is 2.22. The molecule has 2 fully saturated rings. The molecule has 0 spiro atoms. The molecular weight excluding hydrogens is 386 g/mol. The van der Waals surface area contributed by atoms with Crippen molar-refractivity contribution in [3.63, 3.8) is 0 Å². The highest BCUT2D eigenvalue weighted by Gasteiger charge is 2.28. The van der Waals surface area contributed by atoms with Gasteiger partial charge < -0.3 is 19.9 Å². The molecule has 5 heteroatoms. The van der Waals surface area contributed by atoms with Crippen LogP contribution in [0.2, 0.25) is 0 Å². The van der Waals surface area contributed by atoms with E-state index < -0.39 is 0 Å². The number of benzene rings is 2. The molecule has 2 saturated heterocycles. The maximum atomic E-state index is 12.7. The highest BCUT2D eigenvalue weighted by Crippen LogP contribution is 2.24. The molecule has 5 nitrogen and oxygen atoms in total. The highest BCUT2D eigenvalue weighted by atomic mass is 16.5. The summed E-state index contributed by atoms with van der Waals surface area (Å²) in [5.74, 6) is 0.719. The van der Waals surface area contributed by atoms with Gasteiger partial charge in [0, 0.05) is 24.7 Å². The van der Waals surface area contributed by atoms with Gasteiger partial charge in [0.2, 0.25) is 0 Å². The molecule has 0 aliphatic carbocycles. The monoisotopic (exact) mass is 421 g/mol. The van der Waals surface area contributed by atoms with Crippen molar-refractivity contribution < 1.29 is 9.53 Å². The molecule has 0 radical (unpaired) electrons. The average Bonchev–Trinajstić information content (AvgIpc) is 2.81. The van der Waals surface area contributed by atoms with Gasteiger partial charge in [0.05, 0.1) is 6.04 Å². The van der Waals surface area contributed by atoms with Crippen molar-refractivity contribution in [2.75, 3.05) is 33.2 Å². The number of carbonyl (C=O) groups is 1. The van der Waals surface area contributed by atoms with Crippen LogP contribution in [-0.2, 0) is 0 Å². The molecule has 0 bridgehead atoms. The fourth-order valence-electron chi connectivity index (χ4n) is 4.73. The van der Waals surface area contributed by atoms with Crippen molar-refractivity contribution in [3.8, 4) is 5.75 Å². The summed E-state index contributed by atoms with van der Waals surface area (Å²) in [4.78, 5) is 17.8. The van der Waals surface area contributed by atoms with Gasteiger partial charge in [0.25, 0.3) is 5.91 Å². The molecule has 1 atom stereocenters. The Labute approximate surface area is 186 Å². The van der Waals surface area contributed by atoms with E-state index in [1.165, 1.54) is 25.9 Å². The zero-order valence-electron chi connectivity index (χ0n) is 18.8. The highest BCUT2D eigenvalue weighted by molar-refractivity contribution is 5.94. The number of nitrogens with zero attached hydrogens (tertiary/aromatic N) is 2. The van der Waals surface area contributed by atoms with Crippen LogP contribution in [0.5, 0.6) is 5.75 Å². The first-order valence-electron chi connectivity index (χ1n) is 11.6. The van der Waals surface area contributed by atoms with Gasteiger partial charge in [-0.2, -0.15) is 0 Å². The zero-order valence-corrected chi connectivity index (χ0v) is 18.8. The maximum absolute atomic E-state index is 12.7. The second-order valence-electron chi connectivity index (χ2n) is 9.02. The summed E-state index contributed by atoms with van der Waals surface area (Å²) >= 11 is 0. The fourth-order valence-corrected chi connectivity index (χ4v) is 4.73. The molecule has 2 aliphatic rings. The summed E-state index contributed by atoms with van der Waals surface area (Å²) in [5, 5.41) is 3.08. The number of hydrogen-bond acceptors (Lipinski definition) is 4. The molecular formula is C26H35N3O2. The van der Waals surface area contributed by atoms with Crippen LogP contribution < -0.4 is 10.1 Å². The summed E-state index contributed by atoms with van der Waals surface area (Å²) in [5.41, 5.74) is 1.74. The van der Waals surface area contributed by atoms with E-state index in [1.54, 1.807) is 0 Å². The predicted molar refractivity (Wildman–Crippen MR) is 125 cm³/mol. The number of likely N-dealkylation sites (tertiary alicyclic amines) is 2. The Morgan fingerprint density at radius 3 is 2.39 bits per heavy atom. The first-order chi connectivity index (χ1) is 15.1. The minimum Gasteiger partial charge on any atom is -0.490 e. The zero-order chi connectivity index (χ0) is 21.6. The topological polar surface area (TPSA) is 44.8 Å². The van der Waals surface area contributed by atoms with Crippen molar-refractivity contribution in [1.29, 1.82) is 0 Å². The standard InChI is InChI=1S/C26H35N3O2/c1-20(21-7-4-3-5-8-21)27-26(30)22-9-6-10-25(19-22)31-24-13-17-29(18-14-24)23-11-15-28(2)16-12-23/h3-10,19-20,23-24H,11-18H2,1-2H3,(H,27,30)/t20-/m1/s1. The Morgan fingerprint density at radius 2 is 1.68 bits per heavy atom. The number of hydrogen-bond donors (Lipinski definition) is 1. The van der Waals surface area contributed by atoms with Gasteiger partial charge in [-0.3, -0.25) is 4.79 Å². The molecule has 0 unspecified atom stereocenters. The maximum Gasteiger partial charge on any atom is 0.251 e. The van der Waals surface area contributed by atoms with Crippen LogP contribution in [0.25, 0.3) is 0 Å². The third-order valence-electron chi connectivity index (χ3n) is 6.73. The molecule has 0 aromatic heterocycles. The largest absolute Gasteiger partial charge is 0.490 e. The Balaban J connectivity index is 1.28. The Morgan fingerprint density at radius 1 is 0.968 bits per heavy atom. The van der Waals surface area contributed by atoms with E-state index in [2.05, 4.69) is 22.2 Å². The minimum absolute atomic E-state index is 0.0397. The molecule has 166 valence electrons. The molecule has 0 saturated carbocycles. The number of nitrogens with one attached hydrogen (secondary N) is 1. The quantitative estimate of drug-likeness (QED) is 0.762. The summed E-state index contributed by atoms with van der Waals surface area (Å²) in [6, 6.07) is 18.3. The smallest absolute Gasteiger partial charge is 0.251 e. The third-order valence-corrected chi connectivity index (χ3v) is 6.73. The Hall–Kier alpha value is -2.37. The van der Waals surface area contributed by atoms with Crippen molar-refractivity contribution >= 4 is 5.91 Å². The lowest BCUT2D eigenvalue weighted by molar-refractivity contribution is 0.0525. The van der Waals surface area contributed by atoms with Gasteiger partial charge in [0.1, 0.15) is 11.9 Å². The Bertz CT molecular complexity index is 841. The number of carbonyl (C=O) groups excluding carboxylic acids is 1. The van der Waals surface area contributed by atoms with Gasteiger partial charge in [-0.25, -0.2) is 0 Å². The first kappa shape index (κ1) is 21.8. The molecule has 4 rings (SSSR count). The first-order valence-corrected chi connectivity index (χ1v) is 11.6. The molecule has 2 aliphatic heterocycles. The predicted octanol–water partition coefficient (Wildman–Crippen LogP) is 4.12. The minimum atomic E-state index is -0.0705. The van der Waals surface area contributed by atoms with Crippen LogP contribution >= 0.6 is 0 Å². The van der Waals surface area contributed by atoms with Crippen LogP contribution in [0.4, 0.5) is 0 Å². The average molecular weight is 422 g/mol. The fraction of sp³-hybridized carbons (Fsp3) is 0.500. The lowest BCUT2D eigenvalue weighted by atomic mass is 9.99. The van der Waals surface area contributed by atoms with E-state index in [0.29, 0.717) is 5.56 Å². The van der Waals surface area contributed by atoms with Gasteiger partial charge in [-0.15, -0.1) is 0 Å². The molecule has 1 N–H and O–H groups in total.